The molecule has 0 aromatic heterocycles. The monoisotopic (exact) mass is 261 g/mol. The molecule has 0 saturated carbocycles. The smallest absolute Gasteiger partial charge is 0.361 e. The van der Waals surface area contributed by atoms with Gasteiger partial charge in [0.05, 0.1) is 26.7 Å². The number of nitrogens with zero attached hydrogens (tertiary/aromatic N) is 1. The summed E-state index contributed by atoms with van der Waals surface area (Å²) >= 11 is 0. The molecule has 1 aliphatic heterocycles. The summed E-state index contributed by atoms with van der Waals surface area (Å²) < 4.78 is 5.70. The van der Waals surface area contributed by atoms with Crippen LogP contribution in [0, 0.1) is 0 Å². The van der Waals surface area contributed by atoms with Crippen LogP contribution in [0.3, 0.4) is 0 Å². The number of methoxy groups -OCH3 is 1. The van der Waals surface area contributed by atoms with Crippen molar-refractivity contribution in [1.29, 1.82) is 0 Å². The van der Waals surface area contributed by atoms with Gasteiger partial charge in [0.15, 0.2) is 6.54 Å². The number of rotatable bonds is 4. The third kappa shape index (κ3) is 5.55. The van der Waals surface area contributed by atoms with Crippen LogP contribution in [0.4, 0.5) is 0 Å². The Kier molecular flexibility index (Phi) is 7.48. The highest BCUT2D eigenvalue weighted by molar-refractivity contribution is 5.70. The van der Waals surface area contributed by atoms with Crippen LogP contribution in [-0.2, 0) is 9.53 Å². The molecule has 1 heterocycles. The number of carbonyl (C=O) groups is 1. The van der Waals surface area contributed by atoms with Crippen LogP contribution in [0.5, 0.6) is 0 Å². The van der Waals surface area contributed by atoms with E-state index in [0.717, 1.165) is 24.1 Å². The van der Waals surface area contributed by atoms with E-state index in [9.17, 15) is 4.79 Å². The number of esters is 1. The fourth-order valence-corrected chi connectivity index (χ4v) is 2.30. The summed E-state index contributed by atoms with van der Waals surface area (Å²) in [5, 5.41) is 0. The van der Waals surface area contributed by atoms with Crippen molar-refractivity contribution in [3.63, 3.8) is 0 Å². The van der Waals surface area contributed by atoms with Gasteiger partial charge in [0.25, 0.3) is 0 Å². The molecule has 100 valence electrons. The second kappa shape index (κ2) is 7.72. The first-order valence-corrected chi connectivity index (χ1v) is 6.13. The van der Waals surface area contributed by atoms with E-state index in [1.807, 2.05) is 0 Å². The molecule has 0 unspecified atom stereocenters. The van der Waals surface area contributed by atoms with Crippen LogP contribution in [0.2, 0.25) is 0 Å². The average molecular weight is 262 g/mol. The van der Waals surface area contributed by atoms with Crippen molar-refractivity contribution >= 4 is 5.97 Å². The summed E-state index contributed by atoms with van der Waals surface area (Å²) in [6.07, 6.45) is 6.01. The van der Waals surface area contributed by atoms with Gasteiger partial charge in [-0.1, -0.05) is 5.57 Å². The van der Waals surface area contributed by atoms with Gasteiger partial charge in [0.2, 0.25) is 0 Å². The van der Waals surface area contributed by atoms with Crippen LogP contribution in [-0.4, -0.2) is 43.7 Å². The lowest BCUT2D eigenvalue weighted by Crippen LogP contribution is -3.00. The molecule has 0 amide bonds. The molecule has 1 saturated heterocycles. The van der Waals surface area contributed by atoms with Crippen LogP contribution < -0.4 is 12.4 Å². The number of quaternary nitrogens is 1. The summed E-state index contributed by atoms with van der Waals surface area (Å²) in [5.74, 6) is -0.0796. The van der Waals surface area contributed by atoms with Crippen molar-refractivity contribution in [2.24, 2.45) is 0 Å². The normalized spacial score (nSPS) is 17.8. The minimum Gasteiger partial charge on any atom is -1.00 e. The quantitative estimate of drug-likeness (QED) is 0.374. The van der Waals surface area contributed by atoms with Gasteiger partial charge in [-0.3, -0.25) is 0 Å². The molecule has 0 bridgehead atoms. The Morgan fingerprint density at radius 1 is 1.24 bits per heavy atom. The Morgan fingerprint density at radius 3 is 2.29 bits per heavy atom. The van der Waals surface area contributed by atoms with E-state index in [4.69, 9.17) is 4.74 Å². The Bertz CT molecular complexity index is 267. The molecule has 0 N–H and O–H groups in total. The summed E-state index contributed by atoms with van der Waals surface area (Å²) in [7, 11) is 1.48. The van der Waals surface area contributed by atoms with Crippen molar-refractivity contribution < 1.29 is 26.4 Å². The molecule has 0 atom stereocenters. The van der Waals surface area contributed by atoms with Crippen molar-refractivity contribution in [2.75, 3.05) is 33.3 Å². The summed E-state index contributed by atoms with van der Waals surface area (Å²) in [6, 6.07) is 0. The Labute approximate surface area is 111 Å². The van der Waals surface area contributed by atoms with Crippen molar-refractivity contribution in [3.05, 3.63) is 11.6 Å². The number of carbonyl (C=O) groups excluding carboxylic acids is 1. The molecular formula is C13H24ClNO2. The summed E-state index contributed by atoms with van der Waals surface area (Å²) in [5.41, 5.74) is 1.33. The molecular weight excluding hydrogens is 238 g/mol. The van der Waals surface area contributed by atoms with Crippen molar-refractivity contribution in [1.82, 2.24) is 0 Å². The highest BCUT2D eigenvalue weighted by Crippen LogP contribution is 2.19. The molecule has 0 spiro atoms. The number of piperidine rings is 1. The van der Waals surface area contributed by atoms with Gasteiger partial charge in [0, 0.05) is 0 Å². The fraction of sp³-hybridized carbons (Fsp3) is 0.769. The summed E-state index contributed by atoms with van der Waals surface area (Å²) in [4.78, 5) is 11.5. The lowest BCUT2D eigenvalue weighted by Gasteiger charge is -2.39. The number of halogens is 1. The Hall–Kier alpha value is -0.540. The first-order chi connectivity index (χ1) is 7.58. The van der Waals surface area contributed by atoms with Gasteiger partial charge in [-0.15, -0.1) is 0 Å². The second-order valence-electron chi connectivity index (χ2n) is 5.05. The molecule has 4 heteroatoms. The van der Waals surface area contributed by atoms with Crippen LogP contribution in [0.1, 0.15) is 33.1 Å². The van der Waals surface area contributed by atoms with Crippen LogP contribution in [0.25, 0.3) is 0 Å². The van der Waals surface area contributed by atoms with Gasteiger partial charge in [-0.25, -0.2) is 4.79 Å². The maximum Gasteiger partial charge on any atom is 0.361 e. The molecule has 0 aliphatic carbocycles. The van der Waals surface area contributed by atoms with E-state index in [1.54, 1.807) is 0 Å². The SMILES string of the molecule is COC(=O)C[N+]1(CC=C(C)C)CCCCC1.[Cl-]. The Balaban J connectivity index is 0.00000256. The third-order valence-electron chi connectivity index (χ3n) is 3.34. The maximum absolute atomic E-state index is 11.5. The first-order valence-electron chi connectivity index (χ1n) is 6.13. The van der Waals surface area contributed by atoms with Gasteiger partial charge in [-0.05, 0) is 39.2 Å². The zero-order valence-corrected chi connectivity index (χ0v) is 11.9. The molecule has 1 fully saturated rings. The second-order valence-corrected chi connectivity index (χ2v) is 5.05. The largest absolute Gasteiger partial charge is 1.00 e. The average Bonchev–Trinajstić information content (AvgIpc) is 2.28. The lowest BCUT2D eigenvalue weighted by molar-refractivity contribution is -0.920. The molecule has 0 aromatic carbocycles. The van der Waals surface area contributed by atoms with Gasteiger partial charge in [-0.2, -0.15) is 0 Å². The van der Waals surface area contributed by atoms with E-state index in [0.29, 0.717) is 6.54 Å². The van der Waals surface area contributed by atoms with Crippen molar-refractivity contribution in [2.45, 2.75) is 33.1 Å². The first kappa shape index (κ1) is 16.5. The van der Waals surface area contributed by atoms with Crippen LogP contribution in [0.15, 0.2) is 11.6 Å². The van der Waals surface area contributed by atoms with E-state index in [2.05, 4.69) is 19.9 Å². The fourth-order valence-electron chi connectivity index (χ4n) is 2.30. The number of hydrogen-bond donors (Lipinski definition) is 0. The van der Waals surface area contributed by atoms with Gasteiger partial charge in [0.1, 0.15) is 0 Å². The third-order valence-corrected chi connectivity index (χ3v) is 3.34. The minimum absolute atomic E-state index is 0. The molecule has 3 nitrogen and oxygen atoms in total. The van der Waals surface area contributed by atoms with Gasteiger partial charge < -0.3 is 21.6 Å². The van der Waals surface area contributed by atoms with E-state index < -0.39 is 0 Å². The highest BCUT2D eigenvalue weighted by Gasteiger charge is 2.31. The van der Waals surface area contributed by atoms with E-state index in [-0.39, 0.29) is 18.4 Å². The predicted octanol–water partition coefficient (Wildman–Crippen LogP) is -0.870. The number of allylic oxidation sites excluding steroid dienone is 1. The number of likely N-dealkylation sites (tertiary alicyclic amines) is 1. The number of hydrogen-bond acceptors (Lipinski definition) is 2. The topological polar surface area (TPSA) is 26.3 Å². The molecule has 1 aliphatic rings. The number of ether oxygens (including phenoxy) is 1. The zero-order chi connectivity index (χ0) is 12.0. The molecule has 17 heavy (non-hydrogen) atoms. The van der Waals surface area contributed by atoms with E-state index in [1.165, 1.54) is 31.9 Å². The summed E-state index contributed by atoms with van der Waals surface area (Å²) in [6.45, 7) is 7.94. The van der Waals surface area contributed by atoms with Crippen LogP contribution >= 0.6 is 0 Å². The highest BCUT2D eigenvalue weighted by atomic mass is 35.5. The predicted molar refractivity (Wildman–Crippen MR) is 65.0 cm³/mol. The van der Waals surface area contributed by atoms with E-state index >= 15 is 0 Å². The Morgan fingerprint density at radius 2 is 1.82 bits per heavy atom. The molecule has 0 aromatic rings. The standard InChI is InChI=1S/C13H24NO2.ClH/c1-12(2)7-10-14(11-13(15)16-3)8-5-4-6-9-14;/h7H,4-6,8-11H2,1-3H3;1H/q+1;/p-1. The maximum atomic E-state index is 11.5. The lowest BCUT2D eigenvalue weighted by atomic mass is 10.1. The molecule has 0 radical (unpaired) electrons. The molecule has 1 rings (SSSR count). The van der Waals surface area contributed by atoms with Crippen molar-refractivity contribution in [3.8, 4) is 0 Å². The van der Waals surface area contributed by atoms with Gasteiger partial charge >= 0.3 is 5.97 Å². The minimum atomic E-state index is -0.0796. The zero-order valence-electron chi connectivity index (χ0n) is 11.2.